The van der Waals surface area contributed by atoms with E-state index in [4.69, 9.17) is 12.2 Å². The predicted molar refractivity (Wildman–Crippen MR) is 103 cm³/mol. The molecule has 2 heterocycles. The normalized spacial score (nSPS) is 11.0. The van der Waals surface area contributed by atoms with E-state index < -0.39 is 0 Å². The van der Waals surface area contributed by atoms with Crippen LogP contribution < -0.4 is 10.7 Å². The van der Waals surface area contributed by atoms with Crippen molar-refractivity contribution in [3.8, 4) is 0 Å². The molecule has 5 heteroatoms. The molecule has 0 atom stereocenters. The van der Waals surface area contributed by atoms with Crippen LogP contribution in [0.1, 0.15) is 11.3 Å². The fraction of sp³-hybridized carbons (Fsp3) is 0.0526. The van der Waals surface area contributed by atoms with Gasteiger partial charge in [-0.25, -0.2) is 0 Å². The number of aromatic nitrogens is 2. The minimum Gasteiger partial charge on any atom is -0.361 e. The van der Waals surface area contributed by atoms with Crippen LogP contribution in [-0.2, 0) is 0 Å². The van der Waals surface area contributed by atoms with Crippen LogP contribution in [-0.4, -0.2) is 15.0 Å². The van der Waals surface area contributed by atoms with Gasteiger partial charge in [0.2, 0.25) is 0 Å². The van der Waals surface area contributed by atoms with Crippen LogP contribution in [0.25, 0.3) is 21.8 Å². The van der Waals surface area contributed by atoms with Crippen LogP contribution in [0.2, 0.25) is 0 Å². The molecule has 4 nitrogen and oxygen atoms in total. The number of H-pyrrole nitrogens is 2. The first-order valence-electron chi connectivity index (χ1n) is 7.63. The zero-order valence-corrected chi connectivity index (χ0v) is 13.8. The van der Waals surface area contributed by atoms with E-state index >= 15 is 0 Å². The number of aromatic amines is 2. The standard InChI is InChI=1S/C19H15N3OS/c1-11-17(18(23)14-4-2-3-5-15(14)21-11)19(24)22-13-7-6-12-8-9-20-16(12)10-13/h2-10,20H,1H3,(H,21,23)(H,22,24). The molecule has 0 fully saturated rings. The minimum atomic E-state index is -0.0553. The molecule has 0 spiro atoms. The van der Waals surface area contributed by atoms with Gasteiger partial charge in [-0.05, 0) is 42.6 Å². The third kappa shape index (κ3) is 2.39. The van der Waals surface area contributed by atoms with Crippen molar-refractivity contribution in [3.05, 3.63) is 76.2 Å². The van der Waals surface area contributed by atoms with Crippen LogP contribution in [0.5, 0.6) is 0 Å². The Morgan fingerprint density at radius 3 is 2.79 bits per heavy atom. The predicted octanol–water partition coefficient (Wildman–Crippen LogP) is 4.11. The minimum absolute atomic E-state index is 0.0553. The Morgan fingerprint density at radius 2 is 1.92 bits per heavy atom. The van der Waals surface area contributed by atoms with Crippen LogP contribution >= 0.6 is 12.2 Å². The molecule has 0 saturated heterocycles. The van der Waals surface area contributed by atoms with E-state index in [0.717, 1.165) is 27.8 Å². The quantitative estimate of drug-likeness (QED) is 0.484. The number of anilines is 1. The van der Waals surface area contributed by atoms with Crippen molar-refractivity contribution in [3.63, 3.8) is 0 Å². The number of hydrogen-bond donors (Lipinski definition) is 3. The molecule has 118 valence electrons. The fourth-order valence-electron chi connectivity index (χ4n) is 2.95. The van der Waals surface area contributed by atoms with E-state index in [1.54, 1.807) is 0 Å². The molecule has 2 aromatic heterocycles. The van der Waals surface area contributed by atoms with Gasteiger partial charge in [-0.3, -0.25) is 4.79 Å². The van der Waals surface area contributed by atoms with Crippen molar-refractivity contribution in [2.24, 2.45) is 0 Å². The van der Waals surface area contributed by atoms with E-state index in [-0.39, 0.29) is 5.43 Å². The van der Waals surface area contributed by atoms with Crippen molar-refractivity contribution in [1.82, 2.24) is 9.97 Å². The number of hydrogen-bond acceptors (Lipinski definition) is 2. The number of para-hydroxylation sites is 1. The first-order valence-corrected chi connectivity index (χ1v) is 8.04. The molecule has 0 aliphatic heterocycles. The van der Waals surface area contributed by atoms with Crippen molar-refractivity contribution in [2.75, 3.05) is 5.32 Å². The number of aryl methyl sites for hydroxylation is 1. The highest BCUT2D eigenvalue weighted by atomic mass is 32.1. The van der Waals surface area contributed by atoms with Gasteiger partial charge in [-0.15, -0.1) is 0 Å². The molecule has 0 aliphatic carbocycles. The Kier molecular flexibility index (Phi) is 3.43. The third-order valence-electron chi connectivity index (χ3n) is 4.14. The number of nitrogens with one attached hydrogen (secondary N) is 3. The second-order valence-corrected chi connectivity index (χ2v) is 6.14. The summed E-state index contributed by atoms with van der Waals surface area (Å²) in [5, 5.41) is 4.95. The van der Waals surface area contributed by atoms with Crippen molar-refractivity contribution in [1.29, 1.82) is 0 Å². The molecule has 24 heavy (non-hydrogen) atoms. The van der Waals surface area contributed by atoms with Gasteiger partial charge in [0.15, 0.2) is 5.43 Å². The molecule has 3 N–H and O–H groups in total. The van der Waals surface area contributed by atoms with Gasteiger partial charge < -0.3 is 15.3 Å². The molecular formula is C19H15N3OS. The van der Waals surface area contributed by atoms with Gasteiger partial charge in [-0.2, -0.15) is 0 Å². The average Bonchev–Trinajstić information content (AvgIpc) is 3.02. The topological polar surface area (TPSA) is 60.7 Å². The fourth-order valence-corrected chi connectivity index (χ4v) is 3.32. The highest BCUT2D eigenvalue weighted by Crippen LogP contribution is 2.19. The molecule has 4 aromatic rings. The maximum Gasteiger partial charge on any atom is 0.199 e. The molecule has 0 amide bonds. The molecule has 0 saturated carbocycles. The van der Waals surface area contributed by atoms with Gasteiger partial charge in [0.25, 0.3) is 0 Å². The number of fused-ring (bicyclic) bond motifs is 2. The molecule has 0 aliphatic rings. The van der Waals surface area contributed by atoms with Gasteiger partial charge in [0.1, 0.15) is 4.99 Å². The Morgan fingerprint density at radius 1 is 1.08 bits per heavy atom. The largest absolute Gasteiger partial charge is 0.361 e. The highest BCUT2D eigenvalue weighted by Gasteiger charge is 2.14. The van der Waals surface area contributed by atoms with Gasteiger partial charge in [-0.1, -0.05) is 30.4 Å². The lowest BCUT2D eigenvalue weighted by atomic mass is 10.1. The van der Waals surface area contributed by atoms with E-state index in [0.29, 0.717) is 15.9 Å². The molecule has 0 radical (unpaired) electrons. The summed E-state index contributed by atoms with van der Waals surface area (Å²) in [5.74, 6) is 0. The Labute approximate surface area is 143 Å². The van der Waals surface area contributed by atoms with E-state index in [9.17, 15) is 4.79 Å². The second kappa shape index (κ2) is 5.62. The van der Waals surface area contributed by atoms with Crippen LogP contribution in [0.4, 0.5) is 5.69 Å². The van der Waals surface area contributed by atoms with E-state index in [1.807, 2.05) is 61.7 Å². The summed E-state index contributed by atoms with van der Waals surface area (Å²) in [6, 6.07) is 15.4. The zero-order chi connectivity index (χ0) is 16.7. The average molecular weight is 333 g/mol. The summed E-state index contributed by atoms with van der Waals surface area (Å²) < 4.78 is 0. The monoisotopic (exact) mass is 333 g/mol. The lowest BCUT2D eigenvalue weighted by Crippen LogP contribution is -2.23. The SMILES string of the molecule is Cc1[nH]c2ccccc2c(=O)c1C(=S)Nc1ccc2cc[nH]c2c1. The van der Waals surface area contributed by atoms with Gasteiger partial charge in [0, 0.05) is 34.0 Å². The second-order valence-electron chi connectivity index (χ2n) is 5.73. The summed E-state index contributed by atoms with van der Waals surface area (Å²) in [4.78, 5) is 19.6. The lowest BCUT2D eigenvalue weighted by molar-refractivity contribution is 1.23. The van der Waals surface area contributed by atoms with Crippen molar-refractivity contribution >= 4 is 44.7 Å². The maximum absolute atomic E-state index is 12.8. The summed E-state index contributed by atoms with van der Waals surface area (Å²) in [6.45, 7) is 1.87. The molecular weight excluding hydrogens is 318 g/mol. The van der Waals surface area contributed by atoms with Crippen LogP contribution in [0.15, 0.2) is 59.5 Å². The van der Waals surface area contributed by atoms with Crippen LogP contribution in [0, 0.1) is 6.92 Å². The first kappa shape index (κ1) is 14.7. The van der Waals surface area contributed by atoms with Crippen molar-refractivity contribution < 1.29 is 0 Å². The summed E-state index contributed by atoms with van der Waals surface area (Å²) in [6.07, 6.45) is 1.89. The number of benzene rings is 2. The molecule has 0 bridgehead atoms. The summed E-state index contributed by atoms with van der Waals surface area (Å²) in [7, 11) is 0. The van der Waals surface area contributed by atoms with E-state index in [2.05, 4.69) is 15.3 Å². The van der Waals surface area contributed by atoms with Crippen LogP contribution in [0.3, 0.4) is 0 Å². The Balaban J connectivity index is 1.76. The highest BCUT2D eigenvalue weighted by molar-refractivity contribution is 7.81. The first-order chi connectivity index (χ1) is 11.6. The summed E-state index contributed by atoms with van der Waals surface area (Å²) in [5.41, 5.74) is 3.90. The third-order valence-corrected chi connectivity index (χ3v) is 4.44. The Hall–Kier alpha value is -2.92. The number of rotatable bonds is 2. The van der Waals surface area contributed by atoms with E-state index in [1.165, 1.54) is 0 Å². The summed E-state index contributed by atoms with van der Waals surface area (Å²) >= 11 is 5.50. The smallest absolute Gasteiger partial charge is 0.199 e. The zero-order valence-electron chi connectivity index (χ0n) is 13.0. The molecule has 0 unspecified atom stereocenters. The van der Waals surface area contributed by atoms with Crippen molar-refractivity contribution in [2.45, 2.75) is 6.92 Å². The number of pyridine rings is 1. The Bertz CT molecular complexity index is 1140. The van der Waals surface area contributed by atoms with Gasteiger partial charge in [0.05, 0.1) is 5.56 Å². The lowest BCUT2D eigenvalue weighted by Gasteiger charge is -2.11. The molecule has 2 aromatic carbocycles. The maximum atomic E-state index is 12.8. The number of thiocarbonyl (C=S) groups is 1. The van der Waals surface area contributed by atoms with Gasteiger partial charge >= 0.3 is 0 Å². The molecule has 4 rings (SSSR count).